The fourth-order valence-electron chi connectivity index (χ4n) is 1.93. The first-order chi connectivity index (χ1) is 9.16. The summed E-state index contributed by atoms with van der Waals surface area (Å²) in [4.78, 5) is 19.5. The summed E-state index contributed by atoms with van der Waals surface area (Å²) in [5.41, 5.74) is 2.86. The molecule has 0 spiro atoms. The maximum absolute atomic E-state index is 11.1. The number of pyridine rings is 1. The molecule has 0 aliphatic heterocycles. The Kier molecular flexibility index (Phi) is 2.49. The molecule has 3 aromatic rings. The summed E-state index contributed by atoms with van der Waals surface area (Å²) < 4.78 is 1.52. The van der Waals surface area contributed by atoms with Gasteiger partial charge < -0.3 is 5.11 Å². The first-order valence-corrected chi connectivity index (χ1v) is 5.66. The fraction of sp³-hybridized carbons (Fsp3) is 0.0769. The Hall–Kier alpha value is -2.76. The molecule has 0 saturated carbocycles. The number of hydrogen-bond acceptors (Lipinski definition) is 4. The average molecular weight is 254 g/mol. The lowest BCUT2D eigenvalue weighted by Crippen LogP contribution is -2.01. The molecule has 0 radical (unpaired) electrons. The lowest BCUT2D eigenvalue weighted by atomic mass is 10.2. The summed E-state index contributed by atoms with van der Waals surface area (Å²) in [6, 6.07) is 5.52. The number of aromatic nitrogens is 4. The summed E-state index contributed by atoms with van der Waals surface area (Å²) in [5, 5.41) is 13.2. The van der Waals surface area contributed by atoms with Gasteiger partial charge in [0.1, 0.15) is 5.56 Å². The highest BCUT2D eigenvalue weighted by atomic mass is 16.4. The van der Waals surface area contributed by atoms with Gasteiger partial charge in [-0.1, -0.05) is 0 Å². The molecule has 19 heavy (non-hydrogen) atoms. The number of aromatic carboxylic acids is 1. The highest BCUT2D eigenvalue weighted by Crippen LogP contribution is 2.20. The largest absolute Gasteiger partial charge is 0.477 e. The minimum atomic E-state index is -1.03. The van der Waals surface area contributed by atoms with Gasteiger partial charge in [0.05, 0.1) is 11.9 Å². The van der Waals surface area contributed by atoms with Crippen LogP contribution < -0.4 is 0 Å². The Balaban J connectivity index is 2.28. The predicted octanol–water partition coefficient (Wildman–Crippen LogP) is 1.80. The standard InChI is InChI=1S/C13H10N4O2/c1-8-6-11(9-2-4-14-5-3-9)16-12-10(13(18)19)7-15-17(8)12/h2-7H,1H3,(H,18,19). The molecule has 0 aromatic carbocycles. The molecule has 0 saturated heterocycles. The van der Waals surface area contributed by atoms with E-state index in [2.05, 4.69) is 15.1 Å². The third kappa shape index (κ3) is 1.83. The van der Waals surface area contributed by atoms with Crippen LogP contribution in [0.5, 0.6) is 0 Å². The van der Waals surface area contributed by atoms with Crippen LogP contribution in [0.1, 0.15) is 16.1 Å². The van der Waals surface area contributed by atoms with Crippen molar-refractivity contribution in [3.05, 3.63) is 48.0 Å². The average Bonchev–Trinajstić information content (AvgIpc) is 2.84. The molecular formula is C13H10N4O2. The van der Waals surface area contributed by atoms with E-state index in [-0.39, 0.29) is 5.56 Å². The van der Waals surface area contributed by atoms with Crippen LogP contribution in [0, 0.1) is 6.92 Å². The second kappa shape index (κ2) is 4.16. The van der Waals surface area contributed by atoms with Gasteiger partial charge in [-0.05, 0) is 25.1 Å². The number of rotatable bonds is 2. The Labute approximate surface area is 108 Å². The van der Waals surface area contributed by atoms with Gasteiger partial charge in [-0.3, -0.25) is 4.98 Å². The van der Waals surface area contributed by atoms with E-state index in [0.29, 0.717) is 11.3 Å². The topological polar surface area (TPSA) is 80.4 Å². The molecule has 3 rings (SSSR count). The number of fused-ring (bicyclic) bond motifs is 1. The normalized spacial score (nSPS) is 10.8. The molecule has 6 nitrogen and oxygen atoms in total. The highest BCUT2D eigenvalue weighted by Gasteiger charge is 2.15. The van der Waals surface area contributed by atoms with Crippen molar-refractivity contribution in [1.82, 2.24) is 19.6 Å². The maximum Gasteiger partial charge on any atom is 0.341 e. The van der Waals surface area contributed by atoms with Crippen molar-refractivity contribution in [1.29, 1.82) is 0 Å². The van der Waals surface area contributed by atoms with Crippen LogP contribution in [0.15, 0.2) is 36.8 Å². The second-order valence-electron chi connectivity index (χ2n) is 4.12. The number of aryl methyl sites for hydroxylation is 1. The predicted molar refractivity (Wildman–Crippen MR) is 67.9 cm³/mol. The third-order valence-electron chi connectivity index (χ3n) is 2.86. The lowest BCUT2D eigenvalue weighted by Gasteiger charge is -2.04. The van der Waals surface area contributed by atoms with E-state index in [1.807, 2.05) is 25.1 Å². The van der Waals surface area contributed by atoms with Crippen molar-refractivity contribution in [3.63, 3.8) is 0 Å². The van der Waals surface area contributed by atoms with Gasteiger partial charge in [-0.25, -0.2) is 14.3 Å². The van der Waals surface area contributed by atoms with Crippen molar-refractivity contribution in [2.75, 3.05) is 0 Å². The molecule has 0 fully saturated rings. The van der Waals surface area contributed by atoms with E-state index in [4.69, 9.17) is 5.11 Å². The zero-order chi connectivity index (χ0) is 13.4. The second-order valence-corrected chi connectivity index (χ2v) is 4.12. The molecule has 94 valence electrons. The molecule has 0 atom stereocenters. The molecule has 3 heterocycles. The summed E-state index contributed by atoms with van der Waals surface area (Å²) in [7, 11) is 0. The van der Waals surface area contributed by atoms with Crippen LogP contribution in [0.2, 0.25) is 0 Å². The zero-order valence-corrected chi connectivity index (χ0v) is 10.1. The first-order valence-electron chi connectivity index (χ1n) is 5.66. The van der Waals surface area contributed by atoms with Crippen molar-refractivity contribution in [3.8, 4) is 11.3 Å². The number of hydrogen-bond donors (Lipinski definition) is 1. The SMILES string of the molecule is Cc1cc(-c2ccncc2)nc2c(C(=O)O)cnn12. The molecule has 0 bridgehead atoms. The summed E-state index contributed by atoms with van der Waals surface area (Å²) in [6.45, 7) is 1.86. The summed E-state index contributed by atoms with van der Waals surface area (Å²) in [6.07, 6.45) is 4.66. The molecule has 1 N–H and O–H groups in total. The number of carboxylic acid groups (broad SMARTS) is 1. The van der Waals surface area contributed by atoms with E-state index < -0.39 is 5.97 Å². The molecule has 0 amide bonds. The first kappa shape index (κ1) is 11.3. The van der Waals surface area contributed by atoms with Crippen molar-refractivity contribution < 1.29 is 9.90 Å². The van der Waals surface area contributed by atoms with Crippen LogP contribution in [0.25, 0.3) is 16.9 Å². The molecule has 0 aliphatic rings. The van der Waals surface area contributed by atoms with Gasteiger partial charge in [0.15, 0.2) is 5.65 Å². The summed E-state index contributed by atoms with van der Waals surface area (Å²) >= 11 is 0. The van der Waals surface area contributed by atoms with E-state index in [0.717, 1.165) is 11.3 Å². The zero-order valence-electron chi connectivity index (χ0n) is 10.1. The maximum atomic E-state index is 11.1. The van der Waals surface area contributed by atoms with E-state index in [1.54, 1.807) is 12.4 Å². The quantitative estimate of drug-likeness (QED) is 0.754. The minimum Gasteiger partial charge on any atom is -0.477 e. The number of carbonyl (C=O) groups is 1. The minimum absolute atomic E-state index is 0.0963. The Morgan fingerprint density at radius 3 is 2.74 bits per heavy atom. The molecule has 0 unspecified atom stereocenters. The molecule has 6 heteroatoms. The molecule has 0 aliphatic carbocycles. The van der Waals surface area contributed by atoms with Crippen LogP contribution in [-0.2, 0) is 0 Å². The molecule has 3 aromatic heterocycles. The van der Waals surface area contributed by atoms with Gasteiger partial charge in [0.25, 0.3) is 0 Å². The van der Waals surface area contributed by atoms with Crippen LogP contribution >= 0.6 is 0 Å². The van der Waals surface area contributed by atoms with E-state index in [1.165, 1.54) is 10.7 Å². The number of nitrogens with zero attached hydrogens (tertiary/aromatic N) is 4. The van der Waals surface area contributed by atoms with E-state index >= 15 is 0 Å². The monoisotopic (exact) mass is 254 g/mol. The third-order valence-corrected chi connectivity index (χ3v) is 2.86. The van der Waals surface area contributed by atoms with Crippen LogP contribution in [0.4, 0.5) is 0 Å². The number of carboxylic acids is 1. The van der Waals surface area contributed by atoms with Gasteiger partial charge in [-0.15, -0.1) is 0 Å². The highest BCUT2D eigenvalue weighted by molar-refractivity contribution is 5.94. The van der Waals surface area contributed by atoms with Gasteiger partial charge in [-0.2, -0.15) is 5.10 Å². The van der Waals surface area contributed by atoms with Crippen LogP contribution in [0.3, 0.4) is 0 Å². The van der Waals surface area contributed by atoms with Crippen molar-refractivity contribution in [2.24, 2.45) is 0 Å². The van der Waals surface area contributed by atoms with Gasteiger partial charge >= 0.3 is 5.97 Å². The lowest BCUT2D eigenvalue weighted by molar-refractivity contribution is 0.0699. The Morgan fingerprint density at radius 2 is 2.05 bits per heavy atom. The Morgan fingerprint density at radius 1 is 1.32 bits per heavy atom. The molecular weight excluding hydrogens is 244 g/mol. The Bertz CT molecular complexity index is 765. The smallest absolute Gasteiger partial charge is 0.341 e. The van der Waals surface area contributed by atoms with Crippen LogP contribution in [-0.4, -0.2) is 30.7 Å². The van der Waals surface area contributed by atoms with Gasteiger partial charge in [0, 0.05) is 23.7 Å². The summed E-state index contributed by atoms with van der Waals surface area (Å²) in [5.74, 6) is -1.03. The van der Waals surface area contributed by atoms with Gasteiger partial charge in [0.2, 0.25) is 0 Å². The van der Waals surface area contributed by atoms with E-state index in [9.17, 15) is 4.79 Å². The van der Waals surface area contributed by atoms with Crippen molar-refractivity contribution in [2.45, 2.75) is 6.92 Å². The fourth-order valence-corrected chi connectivity index (χ4v) is 1.93. The van der Waals surface area contributed by atoms with Crippen molar-refractivity contribution >= 4 is 11.6 Å².